The minimum absolute atomic E-state index is 0.149. The lowest BCUT2D eigenvalue weighted by atomic mass is 10.1. The summed E-state index contributed by atoms with van der Waals surface area (Å²) in [4.78, 5) is 27.4. The van der Waals surface area contributed by atoms with Crippen molar-refractivity contribution < 1.29 is 19.1 Å². The molecule has 2 amide bonds. The van der Waals surface area contributed by atoms with E-state index in [-0.39, 0.29) is 11.6 Å². The first-order valence-electron chi connectivity index (χ1n) is 9.44. The highest BCUT2D eigenvalue weighted by atomic mass is 16.5. The van der Waals surface area contributed by atoms with Crippen LogP contribution in [-0.2, 0) is 13.0 Å². The standard InChI is InChI=1S/C23H23N3O4/c1-29-19-6-3-5-18(14-19)23(28)26-11-8-16-4-2-7-20(12-16)30-15-17-9-10-25-21(13-17)22(24)27/h2-7,9-10,12-14H,8,11,15H2,1H3,(H2,24,27)(H,26,28). The van der Waals surface area contributed by atoms with Crippen molar-refractivity contribution in [1.29, 1.82) is 0 Å². The smallest absolute Gasteiger partial charge is 0.267 e. The number of pyridine rings is 1. The van der Waals surface area contributed by atoms with Gasteiger partial charge in [-0.3, -0.25) is 14.6 Å². The van der Waals surface area contributed by atoms with Crippen LogP contribution in [0, 0.1) is 0 Å². The van der Waals surface area contributed by atoms with Crippen LogP contribution < -0.4 is 20.5 Å². The molecule has 7 heteroatoms. The average Bonchev–Trinajstić information content (AvgIpc) is 2.78. The van der Waals surface area contributed by atoms with E-state index in [1.54, 1.807) is 43.5 Å². The van der Waals surface area contributed by atoms with Crippen LogP contribution in [0.15, 0.2) is 66.9 Å². The fourth-order valence-electron chi connectivity index (χ4n) is 2.84. The highest BCUT2D eigenvalue weighted by Crippen LogP contribution is 2.16. The topological polar surface area (TPSA) is 104 Å². The molecule has 0 fully saturated rings. The van der Waals surface area contributed by atoms with Gasteiger partial charge in [-0.2, -0.15) is 0 Å². The van der Waals surface area contributed by atoms with Gasteiger partial charge in [-0.25, -0.2) is 0 Å². The fourth-order valence-corrected chi connectivity index (χ4v) is 2.84. The number of nitrogens with two attached hydrogens (primary N) is 1. The van der Waals surface area contributed by atoms with Gasteiger partial charge in [-0.1, -0.05) is 18.2 Å². The van der Waals surface area contributed by atoms with E-state index < -0.39 is 5.91 Å². The number of amides is 2. The molecule has 154 valence electrons. The van der Waals surface area contributed by atoms with E-state index in [9.17, 15) is 9.59 Å². The minimum Gasteiger partial charge on any atom is -0.497 e. The van der Waals surface area contributed by atoms with Gasteiger partial charge in [0.15, 0.2) is 0 Å². The van der Waals surface area contributed by atoms with Crippen LogP contribution in [-0.4, -0.2) is 30.5 Å². The van der Waals surface area contributed by atoms with Gasteiger partial charge in [0.1, 0.15) is 23.8 Å². The van der Waals surface area contributed by atoms with Gasteiger partial charge >= 0.3 is 0 Å². The second kappa shape index (κ2) is 10.1. The number of rotatable bonds is 9. The van der Waals surface area contributed by atoms with E-state index in [4.69, 9.17) is 15.2 Å². The molecular formula is C23H23N3O4. The summed E-state index contributed by atoms with van der Waals surface area (Å²) in [5, 5.41) is 2.91. The van der Waals surface area contributed by atoms with Crippen LogP contribution in [0.25, 0.3) is 0 Å². The Labute approximate surface area is 174 Å². The molecule has 0 aliphatic carbocycles. The van der Waals surface area contributed by atoms with Crippen LogP contribution in [0.4, 0.5) is 0 Å². The van der Waals surface area contributed by atoms with Gasteiger partial charge in [0.25, 0.3) is 11.8 Å². The highest BCUT2D eigenvalue weighted by Gasteiger charge is 2.07. The van der Waals surface area contributed by atoms with Crippen molar-refractivity contribution in [2.45, 2.75) is 13.0 Å². The number of nitrogens with zero attached hydrogens (tertiary/aromatic N) is 1. The van der Waals surface area contributed by atoms with Crippen LogP contribution in [0.2, 0.25) is 0 Å². The first kappa shape index (κ1) is 20.9. The quantitative estimate of drug-likeness (QED) is 0.570. The first-order chi connectivity index (χ1) is 14.5. The van der Waals surface area contributed by atoms with E-state index in [0.717, 1.165) is 11.1 Å². The van der Waals surface area contributed by atoms with Crippen molar-refractivity contribution >= 4 is 11.8 Å². The van der Waals surface area contributed by atoms with E-state index in [2.05, 4.69) is 10.3 Å². The Bertz CT molecular complexity index is 1040. The Morgan fingerprint density at radius 1 is 1.00 bits per heavy atom. The molecule has 0 spiro atoms. The number of hydrogen-bond acceptors (Lipinski definition) is 5. The van der Waals surface area contributed by atoms with Crippen molar-refractivity contribution in [3.63, 3.8) is 0 Å². The van der Waals surface area contributed by atoms with Crippen LogP contribution in [0.1, 0.15) is 32.0 Å². The van der Waals surface area contributed by atoms with E-state index in [1.807, 2.05) is 24.3 Å². The van der Waals surface area contributed by atoms with Gasteiger partial charge in [0, 0.05) is 18.3 Å². The summed E-state index contributed by atoms with van der Waals surface area (Å²) in [6.07, 6.45) is 2.19. The second-order valence-electron chi connectivity index (χ2n) is 6.59. The van der Waals surface area contributed by atoms with Crippen molar-refractivity contribution in [3.05, 3.63) is 89.2 Å². The maximum absolute atomic E-state index is 12.3. The third-order valence-corrected chi connectivity index (χ3v) is 4.41. The van der Waals surface area contributed by atoms with E-state index in [1.165, 1.54) is 6.20 Å². The van der Waals surface area contributed by atoms with Gasteiger partial charge in [0.2, 0.25) is 0 Å². The Morgan fingerprint density at radius 2 is 1.80 bits per heavy atom. The van der Waals surface area contributed by atoms with Crippen LogP contribution in [0.3, 0.4) is 0 Å². The summed E-state index contributed by atoms with van der Waals surface area (Å²) in [6, 6.07) is 18.1. The monoisotopic (exact) mass is 405 g/mol. The number of primary amides is 1. The highest BCUT2D eigenvalue weighted by molar-refractivity contribution is 5.94. The molecular weight excluding hydrogens is 382 g/mol. The van der Waals surface area contributed by atoms with Gasteiger partial charge in [0.05, 0.1) is 7.11 Å². The molecule has 1 heterocycles. The van der Waals surface area contributed by atoms with Crippen molar-refractivity contribution in [3.8, 4) is 11.5 Å². The number of benzene rings is 2. The first-order valence-corrected chi connectivity index (χ1v) is 9.44. The SMILES string of the molecule is COc1cccc(C(=O)NCCc2cccc(OCc3ccnc(C(N)=O)c3)c2)c1. The van der Waals surface area contributed by atoms with Crippen LogP contribution in [0.5, 0.6) is 11.5 Å². The number of hydrogen-bond donors (Lipinski definition) is 2. The normalized spacial score (nSPS) is 10.3. The zero-order valence-electron chi connectivity index (χ0n) is 16.6. The average molecular weight is 405 g/mol. The van der Waals surface area contributed by atoms with Crippen molar-refractivity contribution in [1.82, 2.24) is 10.3 Å². The second-order valence-corrected chi connectivity index (χ2v) is 6.59. The molecule has 0 bridgehead atoms. The Hall–Kier alpha value is -3.87. The third kappa shape index (κ3) is 5.81. The molecule has 3 rings (SSSR count). The number of nitrogens with one attached hydrogen (secondary N) is 1. The number of aromatic nitrogens is 1. The summed E-state index contributed by atoms with van der Waals surface area (Å²) in [7, 11) is 1.57. The summed E-state index contributed by atoms with van der Waals surface area (Å²) in [5.74, 6) is 0.618. The summed E-state index contributed by atoms with van der Waals surface area (Å²) >= 11 is 0. The molecule has 0 unspecified atom stereocenters. The summed E-state index contributed by atoms with van der Waals surface area (Å²) < 4.78 is 11.0. The fraction of sp³-hybridized carbons (Fsp3) is 0.174. The molecule has 7 nitrogen and oxygen atoms in total. The predicted octanol–water partition coefficient (Wildman–Crippen LogP) is 2.74. The summed E-state index contributed by atoms with van der Waals surface area (Å²) in [6.45, 7) is 0.782. The summed E-state index contributed by atoms with van der Waals surface area (Å²) in [5.41, 5.74) is 7.84. The Balaban J connectivity index is 1.52. The zero-order chi connectivity index (χ0) is 21.3. The Kier molecular flexibility index (Phi) is 7.00. The molecule has 1 aromatic heterocycles. The third-order valence-electron chi connectivity index (χ3n) is 4.41. The van der Waals surface area contributed by atoms with Gasteiger partial charge < -0.3 is 20.5 Å². The lowest BCUT2D eigenvalue weighted by molar-refractivity contribution is 0.0952. The molecule has 0 aliphatic rings. The molecule has 0 aliphatic heterocycles. The maximum Gasteiger partial charge on any atom is 0.267 e. The lowest BCUT2D eigenvalue weighted by Gasteiger charge is -2.10. The largest absolute Gasteiger partial charge is 0.497 e. The van der Waals surface area contributed by atoms with E-state index in [0.29, 0.717) is 36.6 Å². The molecule has 30 heavy (non-hydrogen) atoms. The molecule has 2 aromatic carbocycles. The number of carbonyl (C=O) groups is 2. The molecule has 0 saturated heterocycles. The predicted molar refractivity (Wildman–Crippen MR) is 113 cm³/mol. The van der Waals surface area contributed by atoms with Gasteiger partial charge in [-0.05, 0) is 60.0 Å². The van der Waals surface area contributed by atoms with Crippen molar-refractivity contribution in [2.75, 3.05) is 13.7 Å². The molecule has 3 aromatic rings. The molecule has 0 radical (unpaired) electrons. The Morgan fingerprint density at radius 3 is 2.60 bits per heavy atom. The molecule has 0 saturated carbocycles. The number of methoxy groups -OCH3 is 1. The van der Waals surface area contributed by atoms with Crippen LogP contribution >= 0.6 is 0 Å². The molecule has 3 N–H and O–H groups in total. The zero-order valence-corrected chi connectivity index (χ0v) is 16.6. The van der Waals surface area contributed by atoms with E-state index >= 15 is 0 Å². The lowest BCUT2D eigenvalue weighted by Crippen LogP contribution is -2.25. The minimum atomic E-state index is -0.574. The van der Waals surface area contributed by atoms with Gasteiger partial charge in [-0.15, -0.1) is 0 Å². The number of carbonyl (C=O) groups excluding carboxylic acids is 2. The maximum atomic E-state index is 12.3. The van der Waals surface area contributed by atoms with Crippen molar-refractivity contribution in [2.24, 2.45) is 5.73 Å². The molecule has 0 atom stereocenters. The number of ether oxygens (including phenoxy) is 2.